The largest absolute Gasteiger partial charge is 0.489 e. The smallest absolute Gasteiger partial charge is 0.341 e. The second-order valence-electron chi connectivity index (χ2n) is 9.95. The molecule has 0 saturated heterocycles. The van der Waals surface area contributed by atoms with Crippen LogP contribution in [0, 0.1) is 30.2 Å². The molecule has 0 aliphatic rings. The van der Waals surface area contributed by atoms with Gasteiger partial charge in [0.25, 0.3) is 0 Å². The van der Waals surface area contributed by atoms with Crippen LogP contribution in [0.2, 0.25) is 0 Å². The van der Waals surface area contributed by atoms with E-state index in [1.807, 2.05) is 54.6 Å². The van der Waals surface area contributed by atoms with Gasteiger partial charge in [0.15, 0.2) is 29.9 Å². The molecule has 0 aliphatic heterocycles. The number of hydrogen-bond acceptors (Lipinski definition) is 3. The molecular weight excluding hydrogens is 572 g/mol. The average Bonchev–Trinajstić information content (AvgIpc) is 3.02. The molecule has 0 radical (unpaired) electrons. The van der Waals surface area contributed by atoms with Gasteiger partial charge in [-0.25, -0.2) is 22.4 Å². The molecule has 0 fully saturated rings. The molecule has 0 saturated carbocycles. The van der Waals surface area contributed by atoms with E-state index in [1.54, 1.807) is 25.1 Å². The quantitative estimate of drug-likeness (QED) is 0.163. The van der Waals surface area contributed by atoms with Gasteiger partial charge in [0.2, 0.25) is 0 Å². The Labute approximate surface area is 251 Å². The summed E-state index contributed by atoms with van der Waals surface area (Å²) in [5, 5.41) is 8.85. The van der Waals surface area contributed by atoms with Gasteiger partial charge >= 0.3 is 5.97 Å². The summed E-state index contributed by atoms with van der Waals surface area (Å²) in [6, 6.07) is 27.3. The monoisotopic (exact) mass is 598 g/mol. The van der Waals surface area contributed by atoms with E-state index in [1.165, 1.54) is 12.1 Å². The molecule has 0 aliphatic carbocycles. The normalized spacial score (nSPS) is 10.8. The molecular formula is C36H26F4O4. The van der Waals surface area contributed by atoms with E-state index < -0.39 is 35.8 Å². The minimum Gasteiger partial charge on any atom is -0.489 e. The number of aryl methyl sites for hydroxylation is 1. The minimum absolute atomic E-state index is 0.181. The van der Waals surface area contributed by atoms with Crippen LogP contribution in [0.1, 0.15) is 16.7 Å². The fraction of sp³-hybridized carbons (Fsp3) is 0.0833. The Balaban J connectivity index is 1.42. The van der Waals surface area contributed by atoms with Gasteiger partial charge in [-0.15, -0.1) is 0 Å². The molecule has 5 aromatic rings. The van der Waals surface area contributed by atoms with E-state index in [-0.39, 0.29) is 6.61 Å². The topological polar surface area (TPSA) is 55.8 Å². The summed E-state index contributed by atoms with van der Waals surface area (Å²) in [6.07, 6.45) is 1.89. The van der Waals surface area contributed by atoms with Gasteiger partial charge in [-0.2, -0.15) is 0 Å². The molecule has 0 unspecified atom stereocenters. The lowest BCUT2D eigenvalue weighted by molar-refractivity contribution is -0.139. The zero-order valence-electron chi connectivity index (χ0n) is 23.5. The van der Waals surface area contributed by atoms with Crippen molar-refractivity contribution in [2.75, 3.05) is 13.2 Å². The standard InChI is InChI=1S/C36H26F4O4/c1-22-18-29(12-15-35(22)44-21-36(41)42)43-17-16-30(25-6-2-23(3-7-25)27-10-13-31(37)33(39)19-27)26-8-4-24(5-9-26)28-11-14-32(38)34(40)20-28/h2-16,18-20H,17,21H2,1H3,(H,41,42). The molecule has 0 atom stereocenters. The predicted molar refractivity (Wildman–Crippen MR) is 160 cm³/mol. The number of aliphatic carboxylic acids is 1. The lowest BCUT2D eigenvalue weighted by atomic mass is 9.94. The van der Waals surface area contributed by atoms with Gasteiger partial charge < -0.3 is 14.6 Å². The summed E-state index contributed by atoms with van der Waals surface area (Å²) < 4.78 is 65.8. The van der Waals surface area contributed by atoms with Crippen LogP contribution in [0.15, 0.2) is 109 Å². The van der Waals surface area contributed by atoms with Crippen LogP contribution in [-0.4, -0.2) is 24.3 Å². The third-order valence-corrected chi connectivity index (χ3v) is 6.93. The molecule has 0 aromatic heterocycles. The second-order valence-corrected chi connectivity index (χ2v) is 9.95. The number of carboxylic acids is 1. The highest BCUT2D eigenvalue weighted by molar-refractivity contribution is 5.82. The van der Waals surface area contributed by atoms with Gasteiger partial charge in [-0.05, 0) is 100.0 Å². The van der Waals surface area contributed by atoms with Crippen molar-refractivity contribution in [3.05, 3.63) is 149 Å². The van der Waals surface area contributed by atoms with Crippen LogP contribution < -0.4 is 9.47 Å². The molecule has 8 heteroatoms. The minimum atomic E-state index is -1.07. The van der Waals surface area contributed by atoms with Crippen LogP contribution in [0.3, 0.4) is 0 Å². The predicted octanol–water partition coefficient (Wildman–Crippen LogP) is 8.86. The van der Waals surface area contributed by atoms with Crippen LogP contribution >= 0.6 is 0 Å². The number of benzene rings is 5. The van der Waals surface area contributed by atoms with Gasteiger partial charge in [0.1, 0.15) is 18.1 Å². The first-order chi connectivity index (χ1) is 21.2. The van der Waals surface area contributed by atoms with Crippen LogP contribution in [0.5, 0.6) is 11.5 Å². The van der Waals surface area contributed by atoms with Crippen molar-refractivity contribution >= 4 is 11.5 Å². The highest BCUT2D eigenvalue weighted by Gasteiger charge is 2.11. The van der Waals surface area contributed by atoms with Crippen molar-refractivity contribution in [3.8, 4) is 33.8 Å². The van der Waals surface area contributed by atoms with Crippen molar-refractivity contribution in [3.63, 3.8) is 0 Å². The van der Waals surface area contributed by atoms with Crippen LogP contribution in [-0.2, 0) is 4.79 Å². The Morgan fingerprint density at radius 2 is 1.14 bits per heavy atom. The summed E-state index contributed by atoms with van der Waals surface area (Å²) in [5.41, 5.74) is 5.67. The van der Waals surface area contributed by atoms with Crippen molar-refractivity contribution in [2.45, 2.75) is 6.92 Å². The number of ether oxygens (including phenoxy) is 2. The highest BCUT2D eigenvalue weighted by Crippen LogP contribution is 2.30. The maximum absolute atomic E-state index is 13.8. The summed E-state index contributed by atoms with van der Waals surface area (Å²) in [7, 11) is 0. The maximum Gasteiger partial charge on any atom is 0.341 e. The van der Waals surface area contributed by atoms with E-state index in [2.05, 4.69) is 0 Å². The van der Waals surface area contributed by atoms with E-state index in [9.17, 15) is 22.4 Å². The fourth-order valence-corrected chi connectivity index (χ4v) is 4.67. The lowest BCUT2D eigenvalue weighted by Crippen LogP contribution is -2.10. The SMILES string of the molecule is Cc1cc(OCC=C(c2ccc(-c3ccc(F)c(F)c3)cc2)c2ccc(-c3ccc(F)c(F)c3)cc2)ccc1OCC(=O)O. The molecule has 0 amide bonds. The number of carboxylic acid groups (broad SMARTS) is 1. The van der Waals surface area contributed by atoms with Crippen molar-refractivity contribution in [2.24, 2.45) is 0 Å². The zero-order chi connectivity index (χ0) is 31.2. The molecule has 0 spiro atoms. The number of halogens is 4. The summed E-state index contributed by atoms with van der Waals surface area (Å²) >= 11 is 0. The average molecular weight is 599 g/mol. The first-order valence-corrected chi connectivity index (χ1v) is 13.6. The first kappa shape index (κ1) is 30.1. The Morgan fingerprint density at radius 1 is 0.636 bits per heavy atom. The Hall–Kier alpha value is -5.37. The van der Waals surface area contributed by atoms with E-state index in [0.29, 0.717) is 39.3 Å². The van der Waals surface area contributed by atoms with Gasteiger partial charge in [0.05, 0.1) is 0 Å². The van der Waals surface area contributed by atoms with E-state index in [4.69, 9.17) is 14.6 Å². The zero-order valence-corrected chi connectivity index (χ0v) is 23.5. The molecule has 1 N–H and O–H groups in total. The number of carbonyl (C=O) groups is 1. The van der Waals surface area contributed by atoms with Gasteiger partial charge in [-0.1, -0.05) is 60.7 Å². The third kappa shape index (κ3) is 7.15. The summed E-state index contributed by atoms with van der Waals surface area (Å²) in [6.45, 7) is 1.52. The molecule has 0 heterocycles. The van der Waals surface area contributed by atoms with Crippen LogP contribution in [0.4, 0.5) is 17.6 Å². The molecule has 5 rings (SSSR count). The van der Waals surface area contributed by atoms with Gasteiger partial charge in [-0.3, -0.25) is 0 Å². The van der Waals surface area contributed by atoms with Gasteiger partial charge in [0, 0.05) is 0 Å². The van der Waals surface area contributed by atoms with Crippen molar-refractivity contribution < 1.29 is 36.9 Å². The van der Waals surface area contributed by atoms with E-state index in [0.717, 1.165) is 41.0 Å². The Morgan fingerprint density at radius 3 is 1.59 bits per heavy atom. The Kier molecular flexibility index (Phi) is 9.09. The number of rotatable bonds is 10. The molecule has 5 aromatic carbocycles. The maximum atomic E-state index is 13.8. The van der Waals surface area contributed by atoms with Crippen molar-refractivity contribution in [1.82, 2.24) is 0 Å². The highest BCUT2D eigenvalue weighted by atomic mass is 19.2. The fourth-order valence-electron chi connectivity index (χ4n) is 4.67. The summed E-state index contributed by atoms with van der Waals surface area (Å²) in [4.78, 5) is 10.8. The second kappa shape index (κ2) is 13.3. The van der Waals surface area contributed by atoms with Crippen molar-refractivity contribution in [1.29, 1.82) is 0 Å². The molecule has 44 heavy (non-hydrogen) atoms. The molecule has 0 bridgehead atoms. The third-order valence-electron chi connectivity index (χ3n) is 6.93. The Bertz CT molecular complexity index is 1730. The number of hydrogen-bond donors (Lipinski definition) is 1. The summed E-state index contributed by atoms with van der Waals surface area (Å²) in [5.74, 6) is -3.76. The first-order valence-electron chi connectivity index (χ1n) is 13.6. The molecule has 4 nitrogen and oxygen atoms in total. The lowest BCUT2D eigenvalue weighted by Gasteiger charge is -2.13. The molecule has 222 valence electrons. The van der Waals surface area contributed by atoms with Crippen LogP contribution in [0.25, 0.3) is 27.8 Å². The van der Waals surface area contributed by atoms with E-state index >= 15 is 0 Å².